The first-order valence-corrected chi connectivity index (χ1v) is 7.07. The summed E-state index contributed by atoms with van der Waals surface area (Å²) in [5.41, 5.74) is -0.119. The number of rotatable bonds is 5. The monoisotopic (exact) mass is 310 g/mol. The van der Waals surface area contributed by atoms with Crippen LogP contribution in [0.5, 0.6) is 0 Å². The van der Waals surface area contributed by atoms with Crippen molar-refractivity contribution < 1.29 is 31.5 Å². The minimum Gasteiger partial charge on any atom is -0.478 e. The number of carboxylic acids is 1. The summed E-state index contributed by atoms with van der Waals surface area (Å²) in [5, 5.41) is 8.67. The van der Waals surface area contributed by atoms with Crippen molar-refractivity contribution in [3.63, 3.8) is 0 Å². The van der Waals surface area contributed by atoms with Gasteiger partial charge in [-0.2, -0.15) is 17.4 Å². The van der Waals surface area contributed by atoms with Crippen LogP contribution >= 0.6 is 0 Å². The van der Waals surface area contributed by atoms with E-state index in [0.717, 1.165) is 12.3 Å². The molecule has 1 aromatic heterocycles. The fraction of sp³-hybridized carbons (Fsp3) is 0.500. The first-order valence-electron chi connectivity index (χ1n) is 5.63. The molecule has 1 aliphatic heterocycles. The smallest absolute Gasteiger partial charge is 0.338 e. The van der Waals surface area contributed by atoms with Crippen molar-refractivity contribution in [3.05, 3.63) is 23.7 Å². The van der Waals surface area contributed by atoms with E-state index in [1.807, 2.05) is 0 Å². The first-order chi connectivity index (χ1) is 9.20. The zero-order valence-electron chi connectivity index (χ0n) is 10.2. The zero-order chi connectivity index (χ0) is 15.0. The van der Waals surface area contributed by atoms with E-state index in [0.29, 0.717) is 4.31 Å². The number of hydrogen-bond donors (Lipinski definition) is 2. The highest BCUT2D eigenvalue weighted by Crippen LogP contribution is 2.28. The van der Waals surface area contributed by atoms with Crippen LogP contribution in [0.3, 0.4) is 0 Å². The Morgan fingerprint density at radius 1 is 1.55 bits per heavy atom. The lowest BCUT2D eigenvalue weighted by Crippen LogP contribution is -2.40. The summed E-state index contributed by atoms with van der Waals surface area (Å²) in [5.74, 6) is -4.14. The van der Waals surface area contributed by atoms with Gasteiger partial charge in [0.05, 0.1) is 18.7 Å². The molecule has 7 nitrogen and oxygen atoms in total. The molecular formula is C10H12F2N2O5S. The van der Waals surface area contributed by atoms with Crippen molar-refractivity contribution in [2.24, 2.45) is 0 Å². The van der Waals surface area contributed by atoms with E-state index in [1.54, 1.807) is 0 Å². The predicted octanol–water partition coefficient (Wildman–Crippen LogP) is 0.653. The summed E-state index contributed by atoms with van der Waals surface area (Å²) in [7, 11) is -4.04. The number of nitrogens with one attached hydrogen (secondary N) is 1. The highest BCUT2D eigenvalue weighted by molar-refractivity contribution is 7.87. The molecule has 0 amide bonds. The molecule has 0 saturated carbocycles. The van der Waals surface area contributed by atoms with Gasteiger partial charge in [0.25, 0.3) is 16.1 Å². The summed E-state index contributed by atoms with van der Waals surface area (Å²) in [6.45, 7) is -1.43. The predicted molar refractivity (Wildman–Crippen MR) is 62.6 cm³/mol. The zero-order valence-corrected chi connectivity index (χ0v) is 11.0. The van der Waals surface area contributed by atoms with E-state index in [2.05, 4.69) is 4.72 Å². The Balaban J connectivity index is 1.97. The van der Waals surface area contributed by atoms with E-state index in [4.69, 9.17) is 9.52 Å². The molecule has 1 aliphatic rings. The number of hydrogen-bond acceptors (Lipinski definition) is 4. The third kappa shape index (κ3) is 3.32. The molecule has 1 fully saturated rings. The van der Waals surface area contributed by atoms with Gasteiger partial charge in [-0.1, -0.05) is 0 Å². The number of carboxylic acid groups (broad SMARTS) is 1. The SMILES string of the molecule is O=C(O)c1coc(CNS(=O)(=O)N2CCC(F)(F)C2)c1. The minimum atomic E-state index is -4.04. The third-order valence-corrected chi connectivity index (χ3v) is 4.30. The number of nitrogens with zero attached hydrogens (tertiary/aromatic N) is 1. The number of aromatic carboxylic acids is 1. The molecule has 0 radical (unpaired) electrons. The molecule has 10 heteroatoms. The molecule has 2 rings (SSSR count). The second-order valence-corrected chi connectivity index (χ2v) is 6.13. The Bertz CT molecular complexity index is 613. The fourth-order valence-electron chi connectivity index (χ4n) is 1.75. The summed E-state index contributed by atoms with van der Waals surface area (Å²) in [6, 6.07) is 1.16. The van der Waals surface area contributed by atoms with Crippen LogP contribution in [-0.2, 0) is 16.8 Å². The number of carbonyl (C=O) groups is 1. The molecule has 20 heavy (non-hydrogen) atoms. The van der Waals surface area contributed by atoms with Gasteiger partial charge in [0, 0.05) is 13.0 Å². The van der Waals surface area contributed by atoms with Gasteiger partial charge < -0.3 is 9.52 Å². The molecule has 0 atom stereocenters. The Kier molecular flexibility index (Phi) is 3.80. The Morgan fingerprint density at radius 2 is 2.25 bits per heavy atom. The standard InChI is InChI=1S/C10H12F2N2O5S/c11-10(12)1-2-14(6-10)20(17,18)13-4-8-3-7(5-19-8)9(15)16/h3,5,13H,1-2,4,6H2,(H,15,16). The Hall–Kier alpha value is -1.52. The van der Waals surface area contributed by atoms with Crippen molar-refractivity contribution in [1.29, 1.82) is 0 Å². The minimum absolute atomic E-state index is 0.0805. The number of alkyl halides is 2. The molecule has 0 aliphatic carbocycles. The van der Waals surface area contributed by atoms with Crippen LogP contribution in [0, 0.1) is 0 Å². The molecule has 112 valence electrons. The Morgan fingerprint density at radius 3 is 2.75 bits per heavy atom. The van der Waals surface area contributed by atoms with Crippen molar-refractivity contribution in [2.75, 3.05) is 13.1 Å². The van der Waals surface area contributed by atoms with Gasteiger partial charge in [-0.25, -0.2) is 13.6 Å². The lowest BCUT2D eigenvalue weighted by Gasteiger charge is -2.16. The lowest BCUT2D eigenvalue weighted by molar-refractivity contribution is 0.0182. The first kappa shape index (κ1) is 14.9. The molecular weight excluding hydrogens is 298 g/mol. The largest absolute Gasteiger partial charge is 0.478 e. The molecule has 0 aromatic carbocycles. The van der Waals surface area contributed by atoms with Crippen molar-refractivity contribution in [1.82, 2.24) is 9.03 Å². The second-order valence-electron chi connectivity index (χ2n) is 4.37. The molecule has 0 bridgehead atoms. The van der Waals surface area contributed by atoms with E-state index >= 15 is 0 Å². The van der Waals surface area contributed by atoms with Crippen molar-refractivity contribution in [3.8, 4) is 0 Å². The Labute approximate surface area is 113 Å². The average Bonchev–Trinajstić information content (AvgIpc) is 2.93. The maximum atomic E-state index is 13.0. The molecule has 1 saturated heterocycles. The summed E-state index contributed by atoms with van der Waals surface area (Å²) in [4.78, 5) is 10.6. The van der Waals surface area contributed by atoms with Crippen LogP contribution in [0.15, 0.2) is 16.7 Å². The fourth-order valence-corrected chi connectivity index (χ4v) is 2.95. The number of furan rings is 1. The van der Waals surface area contributed by atoms with E-state index in [1.165, 1.54) is 0 Å². The van der Waals surface area contributed by atoms with Gasteiger partial charge in [-0.3, -0.25) is 0 Å². The van der Waals surface area contributed by atoms with E-state index in [-0.39, 0.29) is 24.4 Å². The van der Waals surface area contributed by atoms with Gasteiger partial charge in [0.2, 0.25) is 0 Å². The maximum Gasteiger partial charge on any atom is 0.338 e. The maximum absolute atomic E-state index is 13.0. The molecule has 2 N–H and O–H groups in total. The van der Waals surface area contributed by atoms with Crippen LogP contribution < -0.4 is 4.72 Å². The van der Waals surface area contributed by atoms with Gasteiger partial charge in [0.1, 0.15) is 12.0 Å². The van der Waals surface area contributed by atoms with Gasteiger partial charge in [-0.05, 0) is 6.07 Å². The van der Waals surface area contributed by atoms with Crippen LogP contribution in [0.25, 0.3) is 0 Å². The highest BCUT2D eigenvalue weighted by atomic mass is 32.2. The van der Waals surface area contributed by atoms with Crippen LogP contribution in [-0.4, -0.2) is 42.8 Å². The van der Waals surface area contributed by atoms with E-state index in [9.17, 15) is 22.0 Å². The summed E-state index contributed by atoms with van der Waals surface area (Å²) >= 11 is 0. The van der Waals surface area contributed by atoms with Gasteiger partial charge in [-0.15, -0.1) is 0 Å². The van der Waals surface area contributed by atoms with Crippen LogP contribution in [0.2, 0.25) is 0 Å². The molecule has 1 aromatic rings. The van der Waals surface area contributed by atoms with Crippen LogP contribution in [0.4, 0.5) is 8.78 Å². The highest BCUT2D eigenvalue weighted by Gasteiger charge is 2.43. The van der Waals surface area contributed by atoms with Gasteiger partial charge >= 0.3 is 5.97 Å². The lowest BCUT2D eigenvalue weighted by atomic mass is 10.3. The number of halogens is 2. The second kappa shape index (κ2) is 5.11. The van der Waals surface area contributed by atoms with Crippen molar-refractivity contribution in [2.45, 2.75) is 18.9 Å². The average molecular weight is 310 g/mol. The van der Waals surface area contributed by atoms with Crippen molar-refractivity contribution >= 4 is 16.2 Å². The van der Waals surface area contributed by atoms with Crippen LogP contribution in [0.1, 0.15) is 22.5 Å². The summed E-state index contributed by atoms with van der Waals surface area (Å²) in [6.07, 6.45) is 0.452. The molecule has 2 heterocycles. The molecule has 0 unspecified atom stereocenters. The topological polar surface area (TPSA) is 99.8 Å². The van der Waals surface area contributed by atoms with E-state index < -0.39 is 35.1 Å². The quantitative estimate of drug-likeness (QED) is 0.832. The van der Waals surface area contributed by atoms with Gasteiger partial charge in [0.15, 0.2) is 0 Å². The third-order valence-electron chi connectivity index (χ3n) is 2.80. The normalized spacial score (nSPS) is 19.3. The summed E-state index contributed by atoms with van der Waals surface area (Å²) < 4.78 is 57.0. The molecule has 0 spiro atoms.